The van der Waals surface area contributed by atoms with Crippen molar-refractivity contribution in [3.63, 3.8) is 0 Å². The molecule has 1 aromatic heterocycles. The molecule has 1 heterocycles. The van der Waals surface area contributed by atoms with Crippen LogP contribution in [0.1, 0.15) is 11.3 Å². The molecule has 0 saturated carbocycles. The number of aliphatic hydroxyl groups excluding tert-OH is 1. The van der Waals surface area contributed by atoms with Crippen LogP contribution >= 0.6 is 11.6 Å². The molecule has 3 N–H and O–H groups in total. The van der Waals surface area contributed by atoms with Gasteiger partial charge in [-0.2, -0.15) is 0 Å². The first-order valence-electron chi connectivity index (χ1n) is 7.08. The van der Waals surface area contributed by atoms with Crippen LogP contribution in [-0.4, -0.2) is 30.9 Å². The number of aliphatic hydroxyl groups is 1. The van der Waals surface area contributed by atoms with Crippen molar-refractivity contribution in [2.45, 2.75) is 19.1 Å². The van der Waals surface area contributed by atoms with Crippen molar-refractivity contribution in [3.05, 3.63) is 59.0 Å². The highest BCUT2D eigenvalue weighted by molar-refractivity contribution is 6.30. The minimum absolute atomic E-state index is 0.318. The van der Waals surface area contributed by atoms with Gasteiger partial charge in [0.1, 0.15) is 25.0 Å². The van der Waals surface area contributed by atoms with E-state index in [-0.39, 0.29) is 0 Å². The van der Waals surface area contributed by atoms with Gasteiger partial charge in [-0.1, -0.05) is 23.7 Å². The van der Waals surface area contributed by atoms with Crippen LogP contribution in [0.5, 0.6) is 0 Å². The van der Waals surface area contributed by atoms with E-state index in [1.54, 1.807) is 6.26 Å². The fourth-order valence-corrected chi connectivity index (χ4v) is 2.11. The largest absolute Gasteiger partial charge is 0.467 e. The van der Waals surface area contributed by atoms with Crippen molar-refractivity contribution >= 4 is 11.6 Å². The average molecular weight is 311 g/mol. The van der Waals surface area contributed by atoms with Gasteiger partial charge in [0.05, 0.1) is 19.4 Å². The van der Waals surface area contributed by atoms with Crippen LogP contribution in [0, 0.1) is 0 Å². The van der Waals surface area contributed by atoms with E-state index in [2.05, 4.69) is 5.32 Å². The Labute approximate surface area is 129 Å². The maximum atomic E-state index is 9.81. The zero-order valence-corrected chi connectivity index (χ0v) is 12.6. The summed E-state index contributed by atoms with van der Waals surface area (Å²) in [5, 5.41) is 12.7. The number of hydrogen-bond donors (Lipinski definition) is 2. The van der Waals surface area contributed by atoms with Crippen molar-refractivity contribution in [1.82, 2.24) is 0 Å². The first-order valence-corrected chi connectivity index (χ1v) is 7.46. The van der Waals surface area contributed by atoms with Gasteiger partial charge in [0.2, 0.25) is 0 Å². The highest BCUT2D eigenvalue weighted by Crippen LogP contribution is 2.09. The van der Waals surface area contributed by atoms with E-state index in [1.165, 1.54) is 5.56 Å². The van der Waals surface area contributed by atoms with Crippen LogP contribution in [0.15, 0.2) is 47.1 Å². The summed E-state index contributed by atoms with van der Waals surface area (Å²) in [4.78, 5) is 0. The number of benzene rings is 1. The third-order valence-corrected chi connectivity index (χ3v) is 3.38. The fourth-order valence-electron chi connectivity index (χ4n) is 1.99. The molecule has 0 spiro atoms. The molecule has 114 valence electrons. The third kappa shape index (κ3) is 6.31. The molecule has 0 amide bonds. The first kappa shape index (κ1) is 16.0. The molecule has 0 aliphatic carbocycles. The van der Waals surface area contributed by atoms with Crippen LogP contribution in [-0.2, 0) is 17.8 Å². The number of hydrogen-bond acceptors (Lipinski definition) is 3. The molecule has 1 atom stereocenters. The Hall–Kier alpha value is -1.33. The van der Waals surface area contributed by atoms with Gasteiger partial charge >= 0.3 is 0 Å². The van der Waals surface area contributed by atoms with Gasteiger partial charge < -0.3 is 19.6 Å². The van der Waals surface area contributed by atoms with E-state index in [0.717, 1.165) is 23.7 Å². The minimum atomic E-state index is -0.467. The van der Waals surface area contributed by atoms with Crippen molar-refractivity contribution in [1.29, 1.82) is 0 Å². The van der Waals surface area contributed by atoms with Crippen LogP contribution in [0.4, 0.5) is 0 Å². The van der Waals surface area contributed by atoms with Crippen molar-refractivity contribution < 1.29 is 19.6 Å². The molecule has 0 aliphatic heterocycles. The third-order valence-electron chi connectivity index (χ3n) is 3.12. The highest BCUT2D eigenvalue weighted by atomic mass is 35.5. The van der Waals surface area contributed by atoms with Gasteiger partial charge in [0.25, 0.3) is 0 Å². The second kappa shape index (κ2) is 8.85. The maximum Gasteiger partial charge on any atom is 0.129 e. The van der Waals surface area contributed by atoms with E-state index < -0.39 is 6.10 Å². The summed E-state index contributed by atoms with van der Waals surface area (Å²) in [6.45, 7) is 2.27. The Morgan fingerprint density at radius 3 is 2.76 bits per heavy atom. The average Bonchev–Trinajstić information content (AvgIpc) is 2.99. The Bertz CT molecular complexity index is 499. The molecular weight excluding hydrogens is 290 g/mol. The summed E-state index contributed by atoms with van der Waals surface area (Å²) in [5.41, 5.74) is 1.25. The Kier molecular flexibility index (Phi) is 6.76. The standard InChI is InChI=1S/C16H20ClNO3/c17-14-5-3-13(4-6-14)7-8-18-10-15(19)11-20-12-16-2-1-9-21-16/h1-6,9,15,18-19H,7-8,10-12H2/p+1/t15-/m0/s1. The monoisotopic (exact) mass is 310 g/mol. The van der Waals surface area contributed by atoms with E-state index in [1.807, 2.05) is 36.4 Å². The highest BCUT2D eigenvalue weighted by Gasteiger charge is 2.07. The minimum Gasteiger partial charge on any atom is -0.467 e. The SMILES string of the molecule is O[C@@H](C[NH2+]CCc1ccc(Cl)cc1)COCc1ccco1. The topological polar surface area (TPSA) is 59.2 Å². The molecule has 0 aliphatic rings. The predicted octanol–water partition coefficient (Wildman–Crippen LogP) is 1.62. The fraction of sp³-hybridized carbons (Fsp3) is 0.375. The maximum absolute atomic E-state index is 9.81. The molecule has 2 aromatic rings. The van der Waals surface area contributed by atoms with Crippen molar-refractivity contribution in [2.75, 3.05) is 19.7 Å². The molecule has 0 bridgehead atoms. The Balaban J connectivity index is 1.52. The van der Waals surface area contributed by atoms with Crippen LogP contribution in [0.2, 0.25) is 5.02 Å². The molecule has 4 nitrogen and oxygen atoms in total. The van der Waals surface area contributed by atoms with Crippen LogP contribution in [0.25, 0.3) is 0 Å². The molecule has 0 saturated heterocycles. The predicted molar refractivity (Wildman–Crippen MR) is 81.2 cm³/mol. The van der Waals surface area contributed by atoms with Gasteiger partial charge in [-0.05, 0) is 29.8 Å². The van der Waals surface area contributed by atoms with Crippen LogP contribution in [0.3, 0.4) is 0 Å². The number of rotatable bonds is 9. The summed E-state index contributed by atoms with van der Waals surface area (Å²) < 4.78 is 10.5. The molecule has 1 aromatic carbocycles. The molecule has 0 radical (unpaired) electrons. The first-order chi connectivity index (χ1) is 10.2. The Morgan fingerprint density at radius 2 is 2.05 bits per heavy atom. The summed E-state index contributed by atoms with van der Waals surface area (Å²) >= 11 is 5.84. The summed E-state index contributed by atoms with van der Waals surface area (Å²) in [6, 6.07) is 11.5. The molecule has 5 heteroatoms. The van der Waals surface area contributed by atoms with Crippen molar-refractivity contribution in [2.24, 2.45) is 0 Å². The summed E-state index contributed by atoms with van der Waals surface area (Å²) in [6.07, 6.45) is 2.10. The lowest BCUT2D eigenvalue weighted by atomic mass is 10.1. The smallest absolute Gasteiger partial charge is 0.129 e. The van der Waals surface area contributed by atoms with E-state index in [4.69, 9.17) is 20.8 Å². The summed E-state index contributed by atoms with van der Waals surface area (Å²) in [5.74, 6) is 0.772. The lowest BCUT2D eigenvalue weighted by Gasteiger charge is -2.09. The van der Waals surface area contributed by atoms with Gasteiger partial charge in [0, 0.05) is 11.4 Å². The second-order valence-corrected chi connectivity index (χ2v) is 5.37. The Morgan fingerprint density at radius 1 is 1.24 bits per heavy atom. The zero-order valence-electron chi connectivity index (χ0n) is 11.9. The number of nitrogens with two attached hydrogens (primary N) is 1. The number of quaternary nitrogens is 1. The molecule has 0 unspecified atom stereocenters. The van der Waals surface area contributed by atoms with Gasteiger partial charge in [-0.15, -0.1) is 0 Å². The van der Waals surface area contributed by atoms with Crippen LogP contribution < -0.4 is 5.32 Å². The normalized spacial score (nSPS) is 12.5. The van der Waals surface area contributed by atoms with Gasteiger partial charge in [-0.3, -0.25) is 0 Å². The lowest BCUT2D eigenvalue weighted by molar-refractivity contribution is -0.660. The zero-order chi connectivity index (χ0) is 14.9. The lowest BCUT2D eigenvalue weighted by Crippen LogP contribution is -2.87. The summed E-state index contributed by atoms with van der Waals surface area (Å²) in [7, 11) is 0. The van der Waals surface area contributed by atoms with Gasteiger partial charge in [-0.25, -0.2) is 0 Å². The van der Waals surface area contributed by atoms with E-state index in [9.17, 15) is 5.11 Å². The van der Waals surface area contributed by atoms with E-state index >= 15 is 0 Å². The molecule has 0 fully saturated rings. The second-order valence-electron chi connectivity index (χ2n) is 4.94. The number of halogens is 1. The quantitative estimate of drug-likeness (QED) is 0.692. The molecular formula is C16H21ClNO3+. The molecule has 2 rings (SSSR count). The number of furan rings is 1. The van der Waals surface area contributed by atoms with E-state index in [0.29, 0.717) is 19.8 Å². The van der Waals surface area contributed by atoms with Crippen molar-refractivity contribution in [3.8, 4) is 0 Å². The number of ether oxygens (including phenoxy) is 1. The molecule has 21 heavy (non-hydrogen) atoms. The van der Waals surface area contributed by atoms with Gasteiger partial charge in [0.15, 0.2) is 0 Å².